The minimum Gasteiger partial charge on any atom is -0.493 e. The van der Waals surface area contributed by atoms with Crippen LogP contribution in [0.15, 0.2) is 48.5 Å². The van der Waals surface area contributed by atoms with Crippen LogP contribution in [-0.4, -0.2) is 64.0 Å². The van der Waals surface area contributed by atoms with Crippen LogP contribution in [0.4, 0.5) is 0 Å². The molecule has 7 heteroatoms. The summed E-state index contributed by atoms with van der Waals surface area (Å²) in [6.07, 6.45) is -0.246. The molecule has 1 amide bonds. The first-order valence-electron chi connectivity index (χ1n) is 9.12. The van der Waals surface area contributed by atoms with Crippen LogP contribution < -0.4 is 18.9 Å². The molecule has 0 radical (unpaired) electrons. The van der Waals surface area contributed by atoms with Crippen molar-refractivity contribution in [2.45, 2.75) is 6.10 Å². The molecule has 1 saturated heterocycles. The summed E-state index contributed by atoms with van der Waals surface area (Å²) in [5, 5.41) is 0. The Bertz CT molecular complexity index is 744. The van der Waals surface area contributed by atoms with Gasteiger partial charge in [0.2, 0.25) is 5.75 Å². The maximum atomic E-state index is 12.5. The number of carbonyl (C=O) groups is 1. The molecule has 2 aromatic rings. The number of methoxy groups -OCH3 is 2. The number of amides is 1. The number of ether oxygens (including phenoxy) is 5. The molecule has 1 atom stereocenters. The monoisotopic (exact) mass is 387 g/mol. The molecular weight excluding hydrogens is 362 g/mol. The molecule has 28 heavy (non-hydrogen) atoms. The van der Waals surface area contributed by atoms with Crippen molar-refractivity contribution in [2.75, 3.05) is 47.1 Å². The van der Waals surface area contributed by atoms with Crippen LogP contribution in [-0.2, 0) is 9.53 Å². The van der Waals surface area contributed by atoms with Crippen molar-refractivity contribution < 1.29 is 28.5 Å². The minimum atomic E-state index is -0.246. The average molecular weight is 387 g/mol. The molecule has 0 saturated carbocycles. The minimum absolute atomic E-state index is 0.00206. The van der Waals surface area contributed by atoms with E-state index in [0.717, 1.165) is 0 Å². The molecule has 3 rings (SSSR count). The van der Waals surface area contributed by atoms with Crippen molar-refractivity contribution >= 4 is 5.91 Å². The molecule has 0 bridgehead atoms. The van der Waals surface area contributed by atoms with E-state index in [2.05, 4.69) is 0 Å². The van der Waals surface area contributed by atoms with Crippen LogP contribution in [0, 0.1) is 0 Å². The van der Waals surface area contributed by atoms with Crippen molar-refractivity contribution in [2.24, 2.45) is 0 Å². The number of hydrogen-bond acceptors (Lipinski definition) is 6. The highest BCUT2D eigenvalue weighted by molar-refractivity contribution is 5.77. The van der Waals surface area contributed by atoms with Crippen LogP contribution >= 0.6 is 0 Å². The molecule has 2 aromatic carbocycles. The topological polar surface area (TPSA) is 66.5 Å². The third-order valence-corrected chi connectivity index (χ3v) is 4.39. The Labute approximate surface area is 164 Å². The Kier molecular flexibility index (Phi) is 6.97. The lowest BCUT2D eigenvalue weighted by Gasteiger charge is -2.33. The Balaban J connectivity index is 1.53. The number of para-hydroxylation sites is 2. The first-order chi connectivity index (χ1) is 13.7. The zero-order valence-corrected chi connectivity index (χ0v) is 16.1. The number of nitrogens with zero attached hydrogens (tertiary/aromatic N) is 1. The third-order valence-electron chi connectivity index (χ3n) is 4.39. The predicted molar refractivity (Wildman–Crippen MR) is 103 cm³/mol. The second kappa shape index (κ2) is 9.85. The van der Waals surface area contributed by atoms with Gasteiger partial charge in [0, 0.05) is 6.54 Å². The van der Waals surface area contributed by atoms with Crippen molar-refractivity contribution in [3.05, 3.63) is 48.5 Å². The van der Waals surface area contributed by atoms with Gasteiger partial charge in [-0.1, -0.05) is 24.3 Å². The fourth-order valence-electron chi connectivity index (χ4n) is 2.94. The van der Waals surface area contributed by atoms with Gasteiger partial charge in [0.1, 0.15) is 18.5 Å². The molecule has 150 valence electrons. The SMILES string of the molecule is COc1cccc(OC)c1OCC1CN(C(=O)COc2ccccc2)CCO1. The van der Waals surface area contributed by atoms with Crippen molar-refractivity contribution in [3.63, 3.8) is 0 Å². The molecule has 1 aliphatic heterocycles. The molecule has 7 nitrogen and oxygen atoms in total. The van der Waals surface area contributed by atoms with E-state index in [1.807, 2.05) is 36.4 Å². The lowest BCUT2D eigenvalue weighted by atomic mass is 10.2. The first-order valence-corrected chi connectivity index (χ1v) is 9.12. The van der Waals surface area contributed by atoms with Gasteiger partial charge in [-0.3, -0.25) is 4.79 Å². The van der Waals surface area contributed by atoms with Gasteiger partial charge in [-0.05, 0) is 24.3 Å². The van der Waals surface area contributed by atoms with Gasteiger partial charge in [-0.25, -0.2) is 0 Å². The number of benzene rings is 2. The fourth-order valence-corrected chi connectivity index (χ4v) is 2.94. The largest absolute Gasteiger partial charge is 0.493 e. The van der Waals surface area contributed by atoms with Crippen molar-refractivity contribution in [1.29, 1.82) is 0 Å². The zero-order valence-electron chi connectivity index (χ0n) is 16.1. The van der Waals surface area contributed by atoms with E-state index in [1.165, 1.54) is 0 Å². The summed E-state index contributed by atoms with van der Waals surface area (Å²) < 4.78 is 27.9. The highest BCUT2D eigenvalue weighted by atomic mass is 16.6. The van der Waals surface area contributed by atoms with Gasteiger partial charge in [0.25, 0.3) is 5.91 Å². The molecule has 1 heterocycles. The quantitative estimate of drug-likeness (QED) is 0.693. The van der Waals surface area contributed by atoms with E-state index in [9.17, 15) is 4.79 Å². The van der Waals surface area contributed by atoms with Crippen molar-refractivity contribution in [3.8, 4) is 23.0 Å². The molecular formula is C21H25NO6. The van der Waals surface area contributed by atoms with Crippen LogP contribution in [0.25, 0.3) is 0 Å². The van der Waals surface area contributed by atoms with Gasteiger partial charge >= 0.3 is 0 Å². The summed E-state index contributed by atoms with van der Waals surface area (Å²) in [4.78, 5) is 14.2. The van der Waals surface area contributed by atoms with Gasteiger partial charge in [0.05, 0.1) is 27.4 Å². The molecule has 1 fully saturated rings. The summed E-state index contributed by atoms with van der Waals surface area (Å²) in [5.74, 6) is 2.28. The fraction of sp³-hybridized carbons (Fsp3) is 0.381. The lowest BCUT2D eigenvalue weighted by Crippen LogP contribution is -2.49. The predicted octanol–water partition coefficient (Wildman–Crippen LogP) is 2.39. The number of hydrogen-bond donors (Lipinski definition) is 0. The molecule has 0 aliphatic carbocycles. The van der Waals surface area contributed by atoms with E-state index < -0.39 is 0 Å². The number of carbonyl (C=O) groups excluding carboxylic acids is 1. The normalized spacial score (nSPS) is 16.4. The molecule has 0 aromatic heterocycles. The molecule has 0 N–H and O–H groups in total. The Morgan fingerprint density at radius 2 is 1.75 bits per heavy atom. The Hall–Kier alpha value is -2.93. The summed E-state index contributed by atoms with van der Waals surface area (Å²) in [5.41, 5.74) is 0. The first kappa shape index (κ1) is 19.8. The lowest BCUT2D eigenvalue weighted by molar-refractivity contribution is -0.142. The number of morpholine rings is 1. The van der Waals surface area contributed by atoms with E-state index >= 15 is 0 Å². The van der Waals surface area contributed by atoms with E-state index in [0.29, 0.717) is 42.7 Å². The van der Waals surface area contributed by atoms with Crippen LogP contribution in [0.2, 0.25) is 0 Å². The Morgan fingerprint density at radius 1 is 1.04 bits per heavy atom. The van der Waals surface area contributed by atoms with Crippen LogP contribution in [0.3, 0.4) is 0 Å². The van der Waals surface area contributed by atoms with E-state index in [4.69, 9.17) is 23.7 Å². The molecule has 1 unspecified atom stereocenters. The van der Waals surface area contributed by atoms with E-state index in [1.54, 1.807) is 31.3 Å². The average Bonchev–Trinajstić information content (AvgIpc) is 2.76. The third kappa shape index (κ3) is 5.07. The summed E-state index contributed by atoms with van der Waals surface area (Å²) in [7, 11) is 3.15. The highest BCUT2D eigenvalue weighted by Gasteiger charge is 2.26. The smallest absolute Gasteiger partial charge is 0.260 e. The summed E-state index contributed by atoms with van der Waals surface area (Å²) >= 11 is 0. The Morgan fingerprint density at radius 3 is 2.43 bits per heavy atom. The van der Waals surface area contributed by atoms with Crippen LogP contribution in [0.5, 0.6) is 23.0 Å². The highest BCUT2D eigenvalue weighted by Crippen LogP contribution is 2.36. The van der Waals surface area contributed by atoms with Crippen LogP contribution in [0.1, 0.15) is 0 Å². The second-order valence-electron chi connectivity index (χ2n) is 6.24. The van der Waals surface area contributed by atoms with Crippen molar-refractivity contribution in [1.82, 2.24) is 4.90 Å². The van der Waals surface area contributed by atoms with E-state index in [-0.39, 0.29) is 25.2 Å². The maximum absolute atomic E-state index is 12.5. The standard InChI is InChI=1S/C21H25NO6/c1-24-18-9-6-10-19(25-2)21(18)28-14-17-13-22(11-12-26-17)20(23)15-27-16-7-4-3-5-8-16/h3-10,17H,11-15H2,1-2H3. The van der Waals surface area contributed by atoms with Gasteiger partial charge in [0.15, 0.2) is 18.1 Å². The van der Waals surface area contributed by atoms with Gasteiger partial charge in [-0.2, -0.15) is 0 Å². The summed E-state index contributed by atoms with van der Waals surface area (Å²) in [6, 6.07) is 14.7. The van der Waals surface area contributed by atoms with Gasteiger partial charge < -0.3 is 28.6 Å². The zero-order chi connectivity index (χ0) is 19.8. The summed E-state index contributed by atoms with van der Waals surface area (Å²) in [6.45, 7) is 1.70. The molecule has 0 spiro atoms. The number of rotatable bonds is 8. The van der Waals surface area contributed by atoms with Gasteiger partial charge in [-0.15, -0.1) is 0 Å². The second-order valence-corrected chi connectivity index (χ2v) is 6.24. The molecule has 1 aliphatic rings. The maximum Gasteiger partial charge on any atom is 0.260 e.